The number of aliphatic hydroxyl groups is 2. The minimum Gasteiger partial charge on any atom is -0.392 e. The summed E-state index contributed by atoms with van der Waals surface area (Å²) in [4.78, 5) is 31.4. The van der Waals surface area contributed by atoms with Gasteiger partial charge in [0.05, 0.1) is 69.0 Å². The molecule has 0 aliphatic carbocycles. The quantitative estimate of drug-likeness (QED) is 0.394. The fourth-order valence-corrected chi connectivity index (χ4v) is 6.16. The number of Topliss-reactive ketones (excluding diaryl/α,β-unsaturated/α-hetero) is 1. The van der Waals surface area contributed by atoms with Gasteiger partial charge in [-0.3, -0.25) is 9.59 Å². The normalized spacial score (nSPS) is 34.9. The number of ketones is 1. The average molecular weight is 545 g/mol. The van der Waals surface area contributed by atoms with Crippen molar-refractivity contribution in [2.75, 3.05) is 6.61 Å². The predicted octanol–water partition coefficient (Wildman–Crippen LogP) is 4.02. The molecule has 4 rings (SSSR count). The molecular formula is C29H40N2O6S. The first-order chi connectivity index (χ1) is 17.9. The number of rotatable bonds is 3. The van der Waals surface area contributed by atoms with E-state index < -0.39 is 35.2 Å². The van der Waals surface area contributed by atoms with Gasteiger partial charge in [0, 0.05) is 19.4 Å². The average Bonchev–Trinajstić information content (AvgIpc) is 3.32. The molecule has 2 aromatic rings. The second kappa shape index (κ2) is 11.1. The number of aryl methyl sites for hydroxylation is 1. The Labute approximate surface area is 228 Å². The van der Waals surface area contributed by atoms with E-state index in [1.165, 1.54) is 0 Å². The van der Waals surface area contributed by atoms with Crippen LogP contribution >= 0.6 is 11.3 Å². The van der Waals surface area contributed by atoms with Gasteiger partial charge in [0.2, 0.25) is 5.91 Å². The number of aromatic nitrogens is 1. The molecule has 8 nitrogen and oxygen atoms in total. The van der Waals surface area contributed by atoms with E-state index in [9.17, 15) is 19.8 Å². The summed E-state index contributed by atoms with van der Waals surface area (Å²) >= 11 is 1.62. The second-order valence-corrected chi connectivity index (χ2v) is 12.7. The van der Waals surface area contributed by atoms with Crippen LogP contribution in [-0.4, -0.2) is 63.5 Å². The predicted molar refractivity (Wildman–Crippen MR) is 147 cm³/mol. The molecule has 7 atom stereocenters. The fourth-order valence-electron chi connectivity index (χ4n) is 5.36. The number of nitrogens with zero attached hydrogens (tertiary/aromatic N) is 1. The van der Waals surface area contributed by atoms with Crippen LogP contribution in [0.1, 0.15) is 70.0 Å². The molecule has 0 bridgehead atoms. The number of thiazole rings is 1. The molecule has 1 amide bonds. The summed E-state index contributed by atoms with van der Waals surface area (Å²) < 4.78 is 13.1. The number of carbonyl (C=O) groups is 2. The molecule has 0 saturated carbocycles. The van der Waals surface area contributed by atoms with E-state index in [-0.39, 0.29) is 36.7 Å². The van der Waals surface area contributed by atoms with Crippen LogP contribution in [0.3, 0.4) is 0 Å². The van der Waals surface area contributed by atoms with Gasteiger partial charge >= 0.3 is 0 Å². The van der Waals surface area contributed by atoms with Gasteiger partial charge < -0.3 is 25.0 Å². The van der Waals surface area contributed by atoms with Crippen LogP contribution in [-0.2, 0) is 19.1 Å². The minimum absolute atomic E-state index is 0.0890. The van der Waals surface area contributed by atoms with Gasteiger partial charge in [0.15, 0.2) is 0 Å². The first kappa shape index (κ1) is 28.8. The largest absolute Gasteiger partial charge is 0.392 e. The molecule has 1 aromatic heterocycles. The number of ether oxygens (including phenoxy) is 2. The van der Waals surface area contributed by atoms with Crippen LogP contribution in [0.2, 0.25) is 0 Å². The monoisotopic (exact) mass is 544 g/mol. The molecule has 3 heterocycles. The Kier molecular flexibility index (Phi) is 8.45. The smallest absolute Gasteiger partial charge is 0.223 e. The van der Waals surface area contributed by atoms with Crippen LogP contribution in [0.4, 0.5) is 0 Å². The zero-order valence-electron chi connectivity index (χ0n) is 22.9. The first-order valence-electron chi connectivity index (χ1n) is 13.3. The van der Waals surface area contributed by atoms with Crippen LogP contribution in [0.5, 0.6) is 0 Å². The molecule has 38 heavy (non-hydrogen) atoms. The minimum atomic E-state index is -1.27. The van der Waals surface area contributed by atoms with E-state index in [1.807, 2.05) is 32.0 Å². The number of epoxide rings is 1. The molecule has 2 aliphatic rings. The number of allylic oxidation sites excluding steroid dienone is 1. The topological polar surface area (TPSA) is 121 Å². The molecule has 1 aromatic carbocycles. The van der Waals surface area contributed by atoms with E-state index in [1.54, 1.807) is 38.2 Å². The molecule has 208 valence electrons. The van der Waals surface area contributed by atoms with E-state index >= 15 is 0 Å². The van der Waals surface area contributed by atoms with Crippen molar-refractivity contribution in [1.29, 1.82) is 0 Å². The van der Waals surface area contributed by atoms with Gasteiger partial charge in [-0.2, -0.15) is 0 Å². The molecule has 0 unspecified atom stereocenters. The number of hydrogen-bond donors (Lipinski definition) is 3. The maximum atomic E-state index is 13.6. The lowest BCUT2D eigenvalue weighted by molar-refractivity contribution is -0.147. The molecule has 2 fully saturated rings. The molecule has 3 N–H and O–H groups in total. The summed E-state index contributed by atoms with van der Waals surface area (Å²) in [5, 5.41) is 26.1. The van der Waals surface area contributed by atoms with Crippen molar-refractivity contribution < 1.29 is 29.3 Å². The van der Waals surface area contributed by atoms with Crippen molar-refractivity contribution in [3.05, 3.63) is 41.4 Å². The van der Waals surface area contributed by atoms with Crippen LogP contribution in [0.15, 0.2) is 30.9 Å². The Bertz CT molecular complexity index is 1190. The summed E-state index contributed by atoms with van der Waals surface area (Å²) in [6.07, 6.45) is -0.279. The Balaban J connectivity index is 1.63. The fraction of sp³-hybridized carbons (Fsp3) is 0.621. The van der Waals surface area contributed by atoms with Crippen molar-refractivity contribution in [3.63, 3.8) is 0 Å². The summed E-state index contributed by atoms with van der Waals surface area (Å²) in [7, 11) is 0. The van der Waals surface area contributed by atoms with E-state index in [0.717, 1.165) is 20.8 Å². The molecule has 2 saturated heterocycles. The molecule has 0 radical (unpaired) electrons. The summed E-state index contributed by atoms with van der Waals surface area (Å²) in [6, 6.07) is 5.66. The molecule has 2 aliphatic heterocycles. The lowest BCUT2D eigenvalue weighted by atomic mass is 9.72. The zero-order chi connectivity index (χ0) is 27.8. The third-order valence-corrected chi connectivity index (χ3v) is 9.17. The maximum Gasteiger partial charge on any atom is 0.223 e. The van der Waals surface area contributed by atoms with Gasteiger partial charge in [-0.05, 0) is 44.9 Å². The number of carbonyl (C=O) groups excluding carboxylic acids is 2. The van der Waals surface area contributed by atoms with Crippen molar-refractivity contribution in [3.8, 4) is 0 Å². The molecule has 9 heteroatoms. The third kappa shape index (κ3) is 6.02. The highest BCUT2D eigenvalue weighted by molar-refractivity contribution is 7.18. The first-order valence-corrected chi connectivity index (χ1v) is 14.1. The van der Waals surface area contributed by atoms with E-state index in [2.05, 4.69) is 16.9 Å². The summed E-state index contributed by atoms with van der Waals surface area (Å²) in [5.74, 6) is -1.50. The second-order valence-electron chi connectivity index (χ2n) is 11.5. The number of benzene rings is 1. The Hall–Kier alpha value is -2.17. The number of hydrogen-bond acceptors (Lipinski definition) is 8. The Morgan fingerprint density at radius 1 is 1.26 bits per heavy atom. The number of fused-ring (bicyclic) bond motifs is 2. The number of nitrogens with one attached hydrogen (secondary N) is 1. The van der Waals surface area contributed by atoms with Gasteiger partial charge in [-0.1, -0.05) is 26.0 Å². The van der Waals surface area contributed by atoms with Crippen LogP contribution < -0.4 is 5.32 Å². The standard InChI is InChI=1S/C29H40N2O6S/c1-7-8-19-26(34)16(2)36-12-11-29(6)24(37-29)14-20(18-9-10-22-21(13-18)30-17(3)38-22)31-25(33)15-23(32)28(4,5)27(19)35/h7,9-10,13,16,19-20,23-24,26,32,34H,1,8,11-12,14-15H2,2-6H3,(H,31,33)/t16-,19-,20+,23+,24+,26-,29-/m1/s1. The molecule has 0 spiro atoms. The van der Waals surface area contributed by atoms with E-state index in [4.69, 9.17) is 9.47 Å². The van der Waals surface area contributed by atoms with Gasteiger partial charge in [-0.15, -0.1) is 17.9 Å². The molecular weight excluding hydrogens is 504 g/mol. The highest BCUT2D eigenvalue weighted by atomic mass is 32.1. The Morgan fingerprint density at radius 2 is 2.00 bits per heavy atom. The van der Waals surface area contributed by atoms with E-state index in [0.29, 0.717) is 19.4 Å². The highest BCUT2D eigenvalue weighted by Gasteiger charge is 2.53. The number of aliphatic hydroxyl groups excluding tert-OH is 2. The van der Waals surface area contributed by atoms with Crippen LogP contribution in [0.25, 0.3) is 10.2 Å². The Morgan fingerprint density at radius 3 is 2.71 bits per heavy atom. The van der Waals surface area contributed by atoms with Gasteiger partial charge in [0.25, 0.3) is 0 Å². The van der Waals surface area contributed by atoms with Crippen molar-refractivity contribution in [1.82, 2.24) is 10.3 Å². The SMILES string of the molecule is C=CC[C@H]1C(=O)C(C)(C)[C@@H](O)CC(=O)N[C@H](c2ccc3sc(C)nc3c2)C[C@@H]2O[C@]2(C)CCO[C@H](C)[C@H]1O. The summed E-state index contributed by atoms with van der Waals surface area (Å²) in [5.41, 5.74) is 0.114. The van der Waals surface area contributed by atoms with Crippen molar-refractivity contribution in [2.45, 2.75) is 96.4 Å². The lowest BCUT2D eigenvalue weighted by Gasteiger charge is -2.35. The van der Waals surface area contributed by atoms with Crippen LogP contribution in [0, 0.1) is 18.3 Å². The lowest BCUT2D eigenvalue weighted by Crippen LogP contribution is -2.48. The highest BCUT2D eigenvalue weighted by Crippen LogP contribution is 2.45. The van der Waals surface area contributed by atoms with Crippen molar-refractivity contribution >= 4 is 33.2 Å². The van der Waals surface area contributed by atoms with Gasteiger partial charge in [-0.25, -0.2) is 4.98 Å². The zero-order valence-corrected chi connectivity index (χ0v) is 23.7. The van der Waals surface area contributed by atoms with Crippen molar-refractivity contribution in [2.24, 2.45) is 11.3 Å². The maximum absolute atomic E-state index is 13.6. The number of amides is 1. The van der Waals surface area contributed by atoms with Gasteiger partial charge in [0.1, 0.15) is 5.78 Å². The third-order valence-electron chi connectivity index (χ3n) is 8.22. The summed E-state index contributed by atoms with van der Waals surface area (Å²) in [6.45, 7) is 13.1.